The lowest BCUT2D eigenvalue weighted by atomic mass is 9.99. The topological polar surface area (TPSA) is 203 Å². The average molecular weight is 953 g/mol. The highest BCUT2D eigenvalue weighted by Gasteiger charge is 2.29. The van der Waals surface area contributed by atoms with E-state index in [2.05, 4.69) is 34.6 Å². The first-order valence-corrected chi connectivity index (χ1v) is 20.4. The van der Waals surface area contributed by atoms with Crippen molar-refractivity contribution in [1.82, 2.24) is 30.2 Å². The van der Waals surface area contributed by atoms with Crippen molar-refractivity contribution in [2.45, 2.75) is 44.8 Å². The fourth-order valence-corrected chi connectivity index (χ4v) is 6.44. The Bertz CT molecular complexity index is 2880. The number of aryl methyl sites for hydroxylation is 4. The van der Waals surface area contributed by atoms with E-state index >= 15 is 0 Å². The van der Waals surface area contributed by atoms with Gasteiger partial charge >= 0.3 is 17.6 Å². The molecule has 6 aromatic rings. The third-order valence-electron chi connectivity index (χ3n) is 9.60. The number of amides is 2. The second-order valence-corrected chi connectivity index (χ2v) is 15.6. The molecule has 0 radical (unpaired) electrons. The molecule has 2 heterocycles. The van der Waals surface area contributed by atoms with Crippen LogP contribution in [0.3, 0.4) is 0 Å². The van der Waals surface area contributed by atoms with E-state index in [1.165, 1.54) is 26.5 Å². The predicted octanol–water partition coefficient (Wildman–Crippen LogP) is 5.77. The first-order valence-electron chi connectivity index (χ1n) is 19.8. The summed E-state index contributed by atoms with van der Waals surface area (Å²) in [5, 5.41) is 29.3. The number of carbonyl (C=O) groups is 4. The van der Waals surface area contributed by atoms with Gasteiger partial charge < -0.3 is 20.8 Å². The summed E-state index contributed by atoms with van der Waals surface area (Å²) in [6, 6.07) is 19.8. The van der Waals surface area contributed by atoms with E-state index in [9.17, 15) is 60.2 Å². The quantitative estimate of drug-likeness (QED) is 0.0814. The largest absolute Gasteiger partial charge is 0.480 e. The van der Waals surface area contributed by atoms with Gasteiger partial charge in [-0.1, -0.05) is 75.5 Å². The molecule has 14 nitrogen and oxygen atoms in total. The van der Waals surface area contributed by atoms with Gasteiger partial charge in [-0.25, -0.2) is 31.7 Å². The van der Waals surface area contributed by atoms with Gasteiger partial charge in [0.05, 0.1) is 6.20 Å². The van der Waals surface area contributed by atoms with Crippen LogP contribution in [0.25, 0.3) is 0 Å². The summed E-state index contributed by atoms with van der Waals surface area (Å²) < 4.78 is 83.3. The van der Waals surface area contributed by atoms with Crippen molar-refractivity contribution in [2.75, 3.05) is 6.54 Å². The monoisotopic (exact) mass is 952 g/mol. The van der Waals surface area contributed by atoms with E-state index in [0.29, 0.717) is 17.5 Å². The van der Waals surface area contributed by atoms with Crippen LogP contribution in [0.15, 0.2) is 107 Å². The van der Waals surface area contributed by atoms with Crippen molar-refractivity contribution in [2.24, 2.45) is 14.1 Å². The normalized spacial score (nSPS) is 11.3. The van der Waals surface area contributed by atoms with E-state index in [1.54, 1.807) is 37.5 Å². The lowest BCUT2D eigenvalue weighted by Gasteiger charge is -2.16. The van der Waals surface area contributed by atoms with E-state index in [0.717, 1.165) is 63.8 Å². The van der Waals surface area contributed by atoms with Crippen LogP contribution in [0.5, 0.6) is 0 Å². The molecule has 2 aromatic heterocycles. The zero-order valence-electron chi connectivity index (χ0n) is 36.1. The SMILES string of the molecule is Cc1cccc(Cc2c(C)cnn(C)c2=O)c1.Cn1nc(C(F)(F)P)cc(Cc2cccc(CC(NC(=O)c3c(F)cccc3F)C(=O)O)c2)c1=O.O=C(O)CNC(=O)c1c(F)cccc1F. The van der Waals surface area contributed by atoms with Crippen molar-refractivity contribution in [3.8, 4) is 0 Å². The van der Waals surface area contributed by atoms with E-state index in [-0.39, 0.29) is 24.0 Å². The molecular weight excluding hydrogens is 910 g/mol. The molecule has 0 spiro atoms. The van der Waals surface area contributed by atoms with Crippen LogP contribution in [0.1, 0.15) is 65.4 Å². The van der Waals surface area contributed by atoms with Gasteiger partial charge in [0.2, 0.25) is 0 Å². The van der Waals surface area contributed by atoms with Crippen molar-refractivity contribution < 1.29 is 55.7 Å². The highest BCUT2D eigenvalue weighted by atomic mass is 31.0. The maximum atomic E-state index is 13.9. The molecule has 2 unspecified atom stereocenters. The Kier molecular flexibility index (Phi) is 18.0. The summed E-state index contributed by atoms with van der Waals surface area (Å²) in [6.07, 6.45) is 2.13. The molecule has 0 saturated carbocycles. The second-order valence-electron chi connectivity index (χ2n) is 14.8. The molecule has 6 rings (SSSR count). The molecule has 0 fully saturated rings. The number of aromatic nitrogens is 4. The minimum absolute atomic E-state index is 0.00786. The highest BCUT2D eigenvalue weighted by Crippen LogP contribution is 2.33. The number of aliphatic carboxylic acids is 2. The van der Waals surface area contributed by atoms with Gasteiger partial charge in [0.1, 0.15) is 52.7 Å². The summed E-state index contributed by atoms with van der Waals surface area (Å²) in [7, 11) is 4.29. The standard InChI is InChI=1S/C23H20F4N3O4P.C14H16N2O.C9H7F2NO3/c1-30-21(32)14(11-18(29-30)23(26,27)35)9-12-4-2-5-13(8-12)10-17(22(33)34)28-20(31)19-15(24)6-3-7-16(19)25;1-10-5-4-6-12(7-10)8-13-11(2)9-15-16(3)14(13)17;10-5-2-1-3-6(11)8(5)9(15)12-4-7(13)14/h2-8,11,17H,9-10,35H2,1H3,(H,28,31)(H,33,34);4-7,9H,8H2,1-3H3;1-3H,4H2,(H,12,15)(H,13,14). The van der Waals surface area contributed by atoms with Gasteiger partial charge in [-0.05, 0) is 66.4 Å². The highest BCUT2D eigenvalue weighted by molar-refractivity contribution is 7.17. The number of nitrogens with one attached hydrogen (secondary N) is 2. The molecule has 0 aliphatic rings. The number of hydrogen-bond acceptors (Lipinski definition) is 8. The van der Waals surface area contributed by atoms with Crippen LogP contribution >= 0.6 is 9.24 Å². The maximum Gasteiger partial charge on any atom is 0.326 e. The van der Waals surface area contributed by atoms with Gasteiger partial charge in [-0.3, -0.25) is 24.0 Å². The summed E-state index contributed by atoms with van der Waals surface area (Å²) in [5.74, 6) is -9.37. The lowest BCUT2D eigenvalue weighted by Crippen LogP contribution is -2.43. The molecule has 21 heteroatoms. The Hall–Kier alpha value is -7.47. The van der Waals surface area contributed by atoms with Crippen LogP contribution in [0.4, 0.5) is 26.3 Å². The van der Waals surface area contributed by atoms with Gasteiger partial charge in [0.15, 0.2) is 0 Å². The third-order valence-corrected chi connectivity index (χ3v) is 9.90. The van der Waals surface area contributed by atoms with Crippen LogP contribution in [-0.2, 0) is 48.6 Å². The summed E-state index contributed by atoms with van der Waals surface area (Å²) in [5.41, 5.74) is -1.06. The average Bonchev–Trinajstić information content (AvgIpc) is 3.24. The van der Waals surface area contributed by atoms with E-state index in [1.807, 2.05) is 24.4 Å². The number of alkyl halides is 2. The van der Waals surface area contributed by atoms with Crippen molar-refractivity contribution >= 4 is 33.0 Å². The number of benzene rings is 4. The van der Waals surface area contributed by atoms with E-state index in [4.69, 9.17) is 5.11 Å². The molecule has 0 aliphatic heterocycles. The van der Waals surface area contributed by atoms with Crippen molar-refractivity contribution in [1.29, 1.82) is 0 Å². The van der Waals surface area contributed by atoms with Crippen molar-refractivity contribution in [3.63, 3.8) is 0 Å². The number of carboxylic acids is 2. The molecule has 2 atom stereocenters. The zero-order valence-corrected chi connectivity index (χ0v) is 37.3. The molecule has 0 bridgehead atoms. The minimum atomic E-state index is -3.34. The molecule has 4 aromatic carbocycles. The molecule has 4 N–H and O–H groups in total. The molecule has 0 aliphatic carbocycles. The van der Waals surface area contributed by atoms with Gasteiger partial charge in [0, 0.05) is 44.5 Å². The Balaban J connectivity index is 0.000000253. The Labute approximate surface area is 380 Å². The molecule has 67 heavy (non-hydrogen) atoms. The maximum absolute atomic E-state index is 13.9. The van der Waals surface area contributed by atoms with Crippen LogP contribution in [0.2, 0.25) is 0 Å². The van der Waals surface area contributed by atoms with Gasteiger partial charge in [-0.15, -0.1) is 0 Å². The summed E-state index contributed by atoms with van der Waals surface area (Å²) in [6.45, 7) is 3.30. The lowest BCUT2D eigenvalue weighted by molar-refractivity contribution is -0.139. The minimum Gasteiger partial charge on any atom is -0.480 e. The molecule has 352 valence electrons. The predicted molar refractivity (Wildman–Crippen MR) is 236 cm³/mol. The Morgan fingerprint density at radius 3 is 1.78 bits per heavy atom. The fourth-order valence-electron chi connectivity index (χ4n) is 6.30. The summed E-state index contributed by atoms with van der Waals surface area (Å²) >= 11 is 0. The van der Waals surface area contributed by atoms with Gasteiger partial charge in [-0.2, -0.15) is 19.0 Å². The van der Waals surface area contributed by atoms with Crippen LogP contribution in [0, 0.1) is 37.1 Å². The van der Waals surface area contributed by atoms with Gasteiger partial charge in [0.25, 0.3) is 22.9 Å². The van der Waals surface area contributed by atoms with Crippen LogP contribution in [-0.4, -0.2) is 66.1 Å². The number of carboxylic acid groups (broad SMARTS) is 2. The first-order chi connectivity index (χ1) is 31.5. The number of carbonyl (C=O) groups excluding carboxylic acids is 2. The summed E-state index contributed by atoms with van der Waals surface area (Å²) in [4.78, 5) is 69.6. The number of rotatable bonds is 13. The first kappa shape index (κ1) is 52.2. The number of halogens is 6. The molecule has 0 saturated heterocycles. The van der Waals surface area contributed by atoms with E-state index < -0.39 is 87.7 Å². The second kappa shape index (κ2) is 23.1. The molecular formula is C46H43F6N6O8P. The number of hydrogen-bond donors (Lipinski definition) is 4. The fraction of sp³-hybridized carbons (Fsp3) is 0.217. The Morgan fingerprint density at radius 2 is 1.24 bits per heavy atom. The Morgan fingerprint density at radius 1 is 0.716 bits per heavy atom. The van der Waals surface area contributed by atoms with Crippen molar-refractivity contribution in [3.05, 3.63) is 197 Å². The van der Waals surface area contributed by atoms with Crippen LogP contribution < -0.4 is 21.8 Å². The zero-order chi connectivity index (χ0) is 49.7. The smallest absolute Gasteiger partial charge is 0.326 e. The number of nitrogens with zero attached hydrogens (tertiary/aromatic N) is 4. The molecule has 2 amide bonds. The third kappa shape index (κ3) is 14.8.